The molecule has 0 radical (unpaired) electrons. The number of rotatable bonds is 0. The molecular weight excluding hydrogens is 767 g/mol. The van der Waals surface area contributed by atoms with Crippen molar-refractivity contribution in [3.63, 3.8) is 0 Å². The Balaban J connectivity index is -0.000000000853. The molecule has 0 rings (SSSR count). The van der Waals surface area contributed by atoms with Crippen LogP contribution in [0.1, 0.15) is 5.71 Å². The number of phosphoric acid groups is 2. The average molecular weight is 811 g/mol. The van der Waals surface area contributed by atoms with Crippen molar-refractivity contribution in [2.45, 2.75) is 0 Å². The van der Waals surface area contributed by atoms with Crippen molar-refractivity contribution in [3.05, 3.63) is 0 Å². The second-order valence-electron chi connectivity index (χ2n) is 1.03. The van der Waals surface area contributed by atoms with Crippen LogP contribution in [-0.4, -0.2) is 168 Å². The van der Waals surface area contributed by atoms with E-state index in [2.05, 4.69) is 0 Å². The van der Waals surface area contributed by atoms with Crippen molar-refractivity contribution in [1.29, 1.82) is 0 Å². The molecule has 0 amide bonds. The summed E-state index contributed by atoms with van der Waals surface area (Å²) in [5, 5.41) is 0. The van der Waals surface area contributed by atoms with E-state index < -0.39 is 15.6 Å². The summed E-state index contributed by atoms with van der Waals surface area (Å²) in [4.78, 5) is 43.1. The van der Waals surface area contributed by atoms with Gasteiger partial charge in [-0.05, 0) is 0 Å². The SMILES string of the molecule is Cl.Cl.Cl.Cl.Cl.Cl.F.F.F.O=P(O)(O)O.O=P(O)(O)O.[AlH3].[AlH3].[AlH3].[AlH3].[AlH3].[AlH3].[AlH3].[AlH3].[H-].[H-].[H-].[H-].[Na+].[Na+].[Na+].[Na+]. The molecule has 0 bridgehead atoms. The fraction of sp³-hybridized carbons (Fsp3) is 0. The van der Waals surface area contributed by atoms with Crippen LogP contribution in [0.2, 0.25) is 0 Å². The Morgan fingerprint density at radius 3 is 0.355 bits per heavy atom. The molecule has 0 aliphatic rings. The van der Waals surface area contributed by atoms with Crippen LogP contribution in [0.4, 0.5) is 14.1 Å². The fourth-order valence-corrected chi connectivity index (χ4v) is 0. The van der Waals surface area contributed by atoms with Gasteiger partial charge in [-0.1, -0.05) is 0 Å². The maximum atomic E-state index is 8.88. The number of hydrogen-bond acceptors (Lipinski definition) is 2. The summed E-state index contributed by atoms with van der Waals surface area (Å²) < 4.78 is 17.8. The van der Waals surface area contributed by atoms with Crippen molar-refractivity contribution in [3.8, 4) is 0 Å². The van der Waals surface area contributed by atoms with Crippen molar-refractivity contribution in [2.24, 2.45) is 0 Å². The number of halogens is 9. The first-order chi connectivity index (χ1) is 4.00. The van der Waals surface area contributed by atoms with E-state index in [-0.39, 0.29) is 351 Å². The molecule has 0 saturated carbocycles. The molecular formula is H43Al8Cl6F3Na4O8P2. The summed E-state index contributed by atoms with van der Waals surface area (Å²) in [6, 6.07) is 0. The molecule has 0 saturated heterocycles. The maximum Gasteiger partial charge on any atom is 1.00 e. The zero-order chi connectivity index (χ0) is 9.00. The average Bonchev–Trinajstić information content (AvgIpc) is 1.12. The van der Waals surface area contributed by atoms with Crippen LogP contribution in [0.5, 0.6) is 0 Å². The van der Waals surface area contributed by atoms with Crippen LogP contribution in [-0.2, 0) is 9.13 Å². The van der Waals surface area contributed by atoms with Gasteiger partial charge in [0.05, 0.1) is 0 Å². The maximum absolute atomic E-state index is 8.88. The molecule has 0 heterocycles. The van der Waals surface area contributed by atoms with Crippen molar-refractivity contribution >= 4 is 229 Å². The van der Waals surface area contributed by atoms with Gasteiger partial charge in [-0.3, -0.25) is 14.1 Å². The molecule has 6 N–H and O–H groups in total. The van der Waals surface area contributed by atoms with Crippen LogP contribution in [0.15, 0.2) is 0 Å². The second kappa shape index (κ2) is 126. The molecule has 0 fully saturated rings. The van der Waals surface area contributed by atoms with Gasteiger partial charge in [-0.15, -0.1) is 74.4 Å². The predicted octanol–water partition coefficient (Wildman–Crippen LogP) is -19.9. The van der Waals surface area contributed by atoms with Gasteiger partial charge < -0.3 is 35.1 Å². The molecule has 0 aliphatic carbocycles. The predicted molar refractivity (Wildman–Crippen MR) is 163 cm³/mol. The van der Waals surface area contributed by atoms with E-state index >= 15 is 0 Å². The zero-order valence-corrected chi connectivity index (χ0v) is 26.8. The van der Waals surface area contributed by atoms with E-state index in [4.69, 9.17) is 38.5 Å². The third-order valence-corrected chi connectivity index (χ3v) is 0. The van der Waals surface area contributed by atoms with Gasteiger partial charge in [-0.2, -0.15) is 0 Å². The Morgan fingerprint density at radius 2 is 0.355 bits per heavy atom. The van der Waals surface area contributed by atoms with E-state index in [1.165, 1.54) is 0 Å². The van der Waals surface area contributed by atoms with Crippen LogP contribution < -0.4 is 118 Å². The van der Waals surface area contributed by atoms with Gasteiger partial charge >= 0.3 is 134 Å². The summed E-state index contributed by atoms with van der Waals surface area (Å²) in [6.45, 7) is 0. The zero-order valence-electron chi connectivity index (χ0n) is 16.1. The number of hydrogen-bond donors (Lipinski definition) is 6. The smallest absolute Gasteiger partial charge is 1.00 e. The minimum atomic E-state index is -4.64. The molecule has 0 aliphatic heterocycles. The summed E-state index contributed by atoms with van der Waals surface area (Å²) in [7, 11) is -9.28. The molecule has 0 aromatic carbocycles. The standard InChI is InChI=1S/8Al.6ClH.3FH.4Na.2H3O4P.28H/c;;;;;;;;;;;;;;;;;;;;;2*1-5(2,3)4;;;;;;;;;;;;;;;;;;;;;;;;;;;;/h;;;;;;;;9*1H;;;;;2*(H3,1,2,3,4);;;;;;;;;;;;;;;;;;;;;;;;;;;;/q;;;;;;;;;;;;;;;;;4*+1;;;;;;;;;;;;;;;;;;;;;;;;;;;4*-1. The molecule has 0 atom stereocenters. The Hall–Kier alpha value is 10.0. The monoisotopic (exact) mass is 808 g/mol. The first-order valence-corrected chi connectivity index (χ1v) is 4.70. The van der Waals surface area contributed by atoms with Crippen LogP contribution >= 0.6 is 90.1 Å². The van der Waals surface area contributed by atoms with Crippen molar-refractivity contribution < 1.29 is 177 Å². The first kappa shape index (κ1) is 202. The van der Waals surface area contributed by atoms with Crippen molar-refractivity contribution in [2.75, 3.05) is 0 Å². The fourth-order valence-electron chi connectivity index (χ4n) is 0. The molecule has 0 aromatic heterocycles. The summed E-state index contributed by atoms with van der Waals surface area (Å²) in [5.74, 6) is 0. The molecule has 8 nitrogen and oxygen atoms in total. The Bertz CT molecular complexity index is 206. The summed E-state index contributed by atoms with van der Waals surface area (Å²) in [5.41, 5.74) is 0. The molecule has 31 heavy (non-hydrogen) atoms. The minimum absolute atomic E-state index is 0. The van der Waals surface area contributed by atoms with Gasteiger partial charge in [0.2, 0.25) is 0 Å². The molecule has 0 spiro atoms. The van der Waals surface area contributed by atoms with E-state index in [0.29, 0.717) is 0 Å². The summed E-state index contributed by atoms with van der Waals surface area (Å²) in [6.07, 6.45) is 0. The van der Waals surface area contributed by atoms with Gasteiger partial charge in [0.1, 0.15) is 0 Å². The largest absolute Gasteiger partial charge is 1.00 e. The third kappa shape index (κ3) is 577. The van der Waals surface area contributed by atoms with E-state index in [1.807, 2.05) is 0 Å². The van der Waals surface area contributed by atoms with Crippen LogP contribution in [0.25, 0.3) is 0 Å². The second-order valence-corrected chi connectivity index (χ2v) is 3.08. The van der Waals surface area contributed by atoms with Gasteiger partial charge in [-0.25, -0.2) is 9.13 Å². The van der Waals surface area contributed by atoms with Crippen molar-refractivity contribution in [1.82, 2.24) is 0 Å². The normalized spacial score (nSPS) is 3.81. The first-order valence-electron chi connectivity index (χ1n) is 1.57. The van der Waals surface area contributed by atoms with Gasteiger partial charge in [0.25, 0.3) is 0 Å². The van der Waals surface area contributed by atoms with Crippen LogP contribution in [0, 0.1) is 0 Å². The van der Waals surface area contributed by atoms with Gasteiger partial charge in [0, 0.05) is 0 Å². The van der Waals surface area contributed by atoms with Crippen LogP contribution in [0.3, 0.4) is 0 Å². The minimum Gasteiger partial charge on any atom is -1.00 e. The molecule has 31 heteroatoms. The quantitative estimate of drug-likeness (QED) is 0.104. The Labute approximate surface area is 397 Å². The van der Waals surface area contributed by atoms with Gasteiger partial charge in [0.15, 0.2) is 139 Å². The summed E-state index contributed by atoms with van der Waals surface area (Å²) >= 11 is 0. The Morgan fingerprint density at radius 1 is 0.355 bits per heavy atom. The Kier molecular flexibility index (Phi) is 821. The topological polar surface area (TPSA) is 156 Å². The molecule has 192 valence electrons. The molecule has 0 unspecified atom stereocenters. The van der Waals surface area contributed by atoms with E-state index in [9.17, 15) is 0 Å². The van der Waals surface area contributed by atoms with E-state index in [0.717, 1.165) is 0 Å². The third-order valence-electron chi connectivity index (χ3n) is 0. The molecule has 0 aromatic rings. The van der Waals surface area contributed by atoms with E-state index in [1.54, 1.807) is 0 Å².